The maximum Gasteiger partial charge on any atom is 0.238 e. The molecule has 0 saturated carbocycles. The molecule has 1 saturated heterocycles. The zero-order valence-corrected chi connectivity index (χ0v) is 19.7. The highest BCUT2D eigenvalue weighted by atomic mass is 32.2. The molecule has 0 radical (unpaired) electrons. The molecule has 0 aromatic heterocycles. The number of nitrogens with zero attached hydrogens (tertiary/aromatic N) is 1. The Morgan fingerprint density at radius 3 is 2.68 bits per heavy atom. The maximum absolute atomic E-state index is 12.8. The molecule has 166 valence electrons. The number of benzene rings is 2. The van der Waals surface area contributed by atoms with Crippen molar-refractivity contribution < 1.29 is 9.59 Å². The number of aryl methyl sites for hydroxylation is 1. The van der Waals surface area contributed by atoms with Crippen molar-refractivity contribution in [2.45, 2.75) is 64.7 Å². The normalized spacial score (nSPS) is 17.1. The van der Waals surface area contributed by atoms with E-state index in [1.165, 1.54) is 5.56 Å². The monoisotopic (exact) mass is 438 g/mol. The molecule has 2 aromatic rings. The van der Waals surface area contributed by atoms with Gasteiger partial charge in [-0.1, -0.05) is 70.4 Å². The van der Waals surface area contributed by atoms with Gasteiger partial charge in [0.05, 0.1) is 5.75 Å². The zero-order chi connectivity index (χ0) is 22.2. The van der Waals surface area contributed by atoms with Crippen LogP contribution in [0.3, 0.4) is 0 Å². The first-order valence-corrected chi connectivity index (χ1v) is 12.6. The van der Waals surface area contributed by atoms with Gasteiger partial charge < -0.3 is 5.32 Å². The molecule has 5 heteroatoms. The minimum absolute atomic E-state index is 0.0449. The van der Waals surface area contributed by atoms with Gasteiger partial charge in [-0.25, -0.2) is 0 Å². The molecule has 1 N–H and O–H groups in total. The third-order valence-electron chi connectivity index (χ3n) is 5.85. The van der Waals surface area contributed by atoms with E-state index in [1.54, 1.807) is 11.8 Å². The lowest BCUT2D eigenvalue weighted by Crippen LogP contribution is -2.29. The molecule has 2 atom stereocenters. The van der Waals surface area contributed by atoms with Crippen molar-refractivity contribution in [1.29, 1.82) is 0 Å². The Balaban J connectivity index is 1.83. The summed E-state index contributed by atoms with van der Waals surface area (Å²) in [5, 5.41) is 3.03. The number of unbranched alkanes of at least 4 members (excludes halogenated alkanes) is 1. The molecule has 1 heterocycles. The smallest absolute Gasteiger partial charge is 0.238 e. The number of rotatable bonds is 10. The Hall–Kier alpha value is -2.27. The van der Waals surface area contributed by atoms with Crippen molar-refractivity contribution in [2.24, 2.45) is 5.92 Å². The van der Waals surface area contributed by atoms with E-state index in [0.29, 0.717) is 5.75 Å². The standard InChI is InChI=1S/C26H34N2O2S/c1-4-7-12-19(6-3)25(30)27-22-15-10-14-21(17-22)26-28(24(29)18-31-26)23-16-9-8-13-20(23)11-5-2/h8-10,13-17,19,26H,4-7,11-12,18H2,1-3H3,(H,27,30)/t19-,26-/m0/s1. The highest BCUT2D eigenvalue weighted by Crippen LogP contribution is 2.43. The maximum atomic E-state index is 12.8. The van der Waals surface area contributed by atoms with Crippen molar-refractivity contribution in [3.63, 3.8) is 0 Å². The molecule has 3 rings (SSSR count). The van der Waals surface area contributed by atoms with E-state index in [9.17, 15) is 9.59 Å². The lowest BCUT2D eigenvalue weighted by Gasteiger charge is -2.27. The first kappa shape index (κ1) is 23.4. The van der Waals surface area contributed by atoms with Crippen LogP contribution in [0, 0.1) is 5.92 Å². The SMILES string of the molecule is CCCC[C@H](CC)C(=O)Nc1cccc([C@@H]2SCC(=O)N2c2ccccc2CCC)c1. The number of carbonyl (C=O) groups is 2. The number of thioether (sulfide) groups is 1. The number of hydrogen-bond donors (Lipinski definition) is 1. The van der Waals surface area contributed by atoms with E-state index in [-0.39, 0.29) is 23.1 Å². The van der Waals surface area contributed by atoms with Crippen LogP contribution in [0.5, 0.6) is 0 Å². The fraction of sp³-hybridized carbons (Fsp3) is 0.462. The summed E-state index contributed by atoms with van der Waals surface area (Å²) >= 11 is 1.65. The summed E-state index contributed by atoms with van der Waals surface area (Å²) in [7, 11) is 0. The molecule has 0 bridgehead atoms. The molecular formula is C26H34N2O2S. The van der Waals surface area contributed by atoms with Crippen molar-refractivity contribution in [3.8, 4) is 0 Å². The van der Waals surface area contributed by atoms with Crippen LogP contribution >= 0.6 is 11.8 Å². The van der Waals surface area contributed by atoms with Crippen LogP contribution in [0.25, 0.3) is 0 Å². The molecule has 0 unspecified atom stereocenters. The quantitative estimate of drug-likeness (QED) is 0.456. The van der Waals surface area contributed by atoms with Gasteiger partial charge in [0.25, 0.3) is 0 Å². The van der Waals surface area contributed by atoms with Gasteiger partial charge in [0.1, 0.15) is 5.37 Å². The first-order chi connectivity index (χ1) is 15.1. The molecule has 0 spiro atoms. The Kier molecular flexibility index (Phi) is 8.59. The van der Waals surface area contributed by atoms with E-state index in [1.807, 2.05) is 41.3 Å². The van der Waals surface area contributed by atoms with Gasteiger partial charge in [-0.15, -0.1) is 11.8 Å². The van der Waals surface area contributed by atoms with Crippen LogP contribution in [-0.2, 0) is 16.0 Å². The fourth-order valence-electron chi connectivity index (χ4n) is 4.14. The summed E-state index contributed by atoms with van der Waals surface area (Å²) in [6.07, 6.45) is 5.92. The highest BCUT2D eigenvalue weighted by Gasteiger charge is 2.35. The first-order valence-electron chi connectivity index (χ1n) is 11.5. The number of carbonyl (C=O) groups excluding carboxylic acids is 2. The Bertz CT molecular complexity index is 898. The van der Waals surface area contributed by atoms with Gasteiger partial charge >= 0.3 is 0 Å². The van der Waals surface area contributed by atoms with E-state index < -0.39 is 0 Å². The van der Waals surface area contributed by atoms with E-state index in [2.05, 4.69) is 38.2 Å². The molecule has 1 aliphatic heterocycles. The predicted molar refractivity (Wildman–Crippen MR) is 131 cm³/mol. The third kappa shape index (κ3) is 5.70. The highest BCUT2D eigenvalue weighted by molar-refractivity contribution is 8.00. The largest absolute Gasteiger partial charge is 0.326 e. The summed E-state index contributed by atoms with van der Waals surface area (Å²) in [5.74, 6) is 0.742. The number of anilines is 2. The molecule has 0 aliphatic carbocycles. The minimum atomic E-state index is -0.0792. The Morgan fingerprint density at radius 1 is 1.13 bits per heavy atom. The summed E-state index contributed by atoms with van der Waals surface area (Å²) in [5.41, 5.74) is 4.06. The second kappa shape index (κ2) is 11.4. The van der Waals surface area contributed by atoms with Crippen molar-refractivity contribution in [1.82, 2.24) is 0 Å². The van der Waals surface area contributed by atoms with E-state index in [4.69, 9.17) is 0 Å². The van der Waals surface area contributed by atoms with Crippen LogP contribution in [0.2, 0.25) is 0 Å². The van der Waals surface area contributed by atoms with E-state index in [0.717, 1.165) is 55.5 Å². The molecule has 2 aromatic carbocycles. The lowest BCUT2D eigenvalue weighted by atomic mass is 9.98. The number of nitrogens with one attached hydrogen (secondary N) is 1. The van der Waals surface area contributed by atoms with Gasteiger partial charge in [0.2, 0.25) is 11.8 Å². The molecule has 2 amide bonds. The third-order valence-corrected chi connectivity index (χ3v) is 7.06. The van der Waals surface area contributed by atoms with Crippen LogP contribution in [0.1, 0.15) is 69.4 Å². The average Bonchev–Trinajstić information content (AvgIpc) is 3.16. The topological polar surface area (TPSA) is 49.4 Å². The number of para-hydroxylation sites is 1. The molecular weight excluding hydrogens is 404 g/mol. The van der Waals surface area contributed by atoms with Crippen molar-refractivity contribution in [3.05, 3.63) is 59.7 Å². The zero-order valence-electron chi connectivity index (χ0n) is 18.9. The van der Waals surface area contributed by atoms with E-state index >= 15 is 0 Å². The minimum Gasteiger partial charge on any atom is -0.326 e. The molecule has 1 fully saturated rings. The number of hydrogen-bond acceptors (Lipinski definition) is 3. The van der Waals surface area contributed by atoms with Crippen LogP contribution < -0.4 is 10.2 Å². The van der Waals surface area contributed by atoms with Crippen LogP contribution in [0.15, 0.2) is 48.5 Å². The van der Waals surface area contributed by atoms with Crippen molar-refractivity contribution >= 4 is 35.0 Å². The molecule has 4 nitrogen and oxygen atoms in total. The number of amides is 2. The summed E-state index contributed by atoms with van der Waals surface area (Å²) in [6.45, 7) is 6.38. The van der Waals surface area contributed by atoms with Crippen LogP contribution in [0.4, 0.5) is 11.4 Å². The Morgan fingerprint density at radius 2 is 1.94 bits per heavy atom. The van der Waals surface area contributed by atoms with Gasteiger partial charge in [0.15, 0.2) is 0 Å². The Labute approximate surface area is 190 Å². The van der Waals surface area contributed by atoms with Crippen molar-refractivity contribution in [2.75, 3.05) is 16.0 Å². The van der Waals surface area contributed by atoms with Gasteiger partial charge in [-0.05, 0) is 48.6 Å². The van der Waals surface area contributed by atoms with Gasteiger partial charge in [0, 0.05) is 17.3 Å². The summed E-state index contributed by atoms with van der Waals surface area (Å²) < 4.78 is 0. The molecule has 31 heavy (non-hydrogen) atoms. The lowest BCUT2D eigenvalue weighted by molar-refractivity contribution is -0.120. The summed E-state index contributed by atoms with van der Waals surface area (Å²) in [4.78, 5) is 27.5. The fourth-order valence-corrected chi connectivity index (χ4v) is 5.30. The van der Waals surface area contributed by atoms with Gasteiger partial charge in [-0.3, -0.25) is 14.5 Å². The van der Waals surface area contributed by atoms with Crippen LogP contribution in [-0.4, -0.2) is 17.6 Å². The average molecular weight is 439 g/mol. The molecule has 1 aliphatic rings. The predicted octanol–water partition coefficient (Wildman–Crippen LogP) is 6.57. The second-order valence-corrected chi connectivity index (χ2v) is 9.24. The second-order valence-electron chi connectivity index (χ2n) is 8.17. The van der Waals surface area contributed by atoms with Gasteiger partial charge in [-0.2, -0.15) is 0 Å². The summed E-state index contributed by atoms with van der Waals surface area (Å²) in [6, 6.07) is 16.2.